The van der Waals surface area contributed by atoms with E-state index in [-0.39, 0.29) is 11.9 Å². The number of imide groups is 1. The molecule has 0 atom stereocenters. The van der Waals surface area contributed by atoms with Gasteiger partial charge in [0.15, 0.2) is 0 Å². The fourth-order valence-electron chi connectivity index (χ4n) is 1.67. The van der Waals surface area contributed by atoms with Crippen LogP contribution in [0.15, 0.2) is 24.3 Å². The van der Waals surface area contributed by atoms with Gasteiger partial charge in [-0.15, -0.1) is 0 Å². The van der Waals surface area contributed by atoms with E-state index >= 15 is 0 Å². The summed E-state index contributed by atoms with van der Waals surface area (Å²) in [5, 5.41) is 0. The van der Waals surface area contributed by atoms with Crippen molar-refractivity contribution in [2.45, 2.75) is 53.2 Å². The third kappa shape index (κ3) is 4.37. The first-order valence-electron chi connectivity index (χ1n) is 6.75. The molecule has 0 aliphatic carbocycles. The normalized spacial score (nSPS) is 11.3. The van der Waals surface area contributed by atoms with Crippen molar-refractivity contribution in [3.05, 3.63) is 35.4 Å². The van der Waals surface area contributed by atoms with Crippen LogP contribution in [0.1, 0.15) is 50.5 Å². The van der Waals surface area contributed by atoms with Gasteiger partial charge < -0.3 is 4.74 Å². The zero-order valence-electron chi connectivity index (χ0n) is 13.1. The minimum atomic E-state index is -0.627. The molecule has 0 unspecified atom stereocenters. The molecule has 0 aromatic heterocycles. The van der Waals surface area contributed by atoms with Crippen molar-refractivity contribution >= 4 is 12.0 Å². The highest BCUT2D eigenvalue weighted by Crippen LogP contribution is 2.15. The topological polar surface area (TPSA) is 46.6 Å². The standard InChI is InChI=1S/C16H23NO3/c1-11(2)17(15(19)20-16(4,5)6)14(18)13-9-7-12(3)8-10-13/h7-11H,1-6H3. The average molecular weight is 277 g/mol. The Hall–Kier alpha value is -1.84. The molecule has 4 nitrogen and oxygen atoms in total. The Morgan fingerprint density at radius 3 is 2.00 bits per heavy atom. The highest BCUT2D eigenvalue weighted by atomic mass is 16.6. The van der Waals surface area contributed by atoms with Gasteiger partial charge in [0, 0.05) is 11.6 Å². The van der Waals surface area contributed by atoms with Gasteiger partial charge in [-0.25, -0.2) is 9.69 Å². The van der Waals surface area contributed by atoms with E-state index < -0.39 is 11.7 Å². The minimum Gasteiger partial charge on any atom is -0.443 e. The number of carbonyl (C=O) groups is 2. The molecule has 0 heterocycles. The maximum atomic E-state index is 12.5. The number of carbonyl (C=O) groups excluding carboxylic acids is 2. The molecule has 0 saturated carbocycles. The van der Waals surface area contributed by atoms with Gasteiger partial charge in [-0.1, -0.05) is 17.7 Å². The smallest absolute Gasteiger partial charge is 0.417 e. The van der Waals surface area contributed by atoms with Gasteiger partial charge in [0.2, 0.25) is 0 Å². The first kappa shape index (κ1) is 16.2. The van der Waals surface area contributed by atoms with Crippen LogP contribution in [-0.4, -0.2) is 28.5 Å². The molecular weight excluding hydrogens is 254 g/mol. The molecule has 20 heavy (non-hydrogen) atoms. The highest BCUT2D eigenvalue weighted by molar-refractivity contribution is 6.03. The fourth-order valence-corrected chi connectivity index (χ4v) is 1.67. The molecule has 0 N–H and O–H groups in total. The van der Waals surface area contributed by atoms with Gasteiger partial charge in [-0.2, -0.15) is 0 Å². The molecule has 0 radical (unpaired) electrons. The van der Waals surface area contributed by atoms with Crippen molar-refractivity contribution < 1.29 is 14.3 Å². The molecule has 0 spiro atoms. The van der Waals surface area contributed by atoms with Gasteiger partial charge in [0.05, 0.1) is 0 Å². The molecular formula is C16H23NO3. The summed E-state index contributed by atoms with van der Waals surface area (Å²) in [4.78, 5) is 25.8. The van der Waals surface area contributed by atoms with E-state index in [4.69, 9.17) is 4.74 Å². The van der Waals surface area contributed by atoms with Crippen LogP contribution in [0.2, 0.25) is 0 Å². The van der Waals surface area contributed by atoms with Crippen LogP contribution in [0, 0.1) is 6.92 Å². The number of rotatable bonds is 2. The zero-order chi connectivity index (χ0) is 15.5. The van der Waals surface area contributed by atoms with Gasteiger partial charge >= 0.3 is 6.09 Å². The van der Waals surface area contributed by atoms with Crippen LogP contribution >= 0.6 is 0 Å². The second kappa shape index (κ2) is 6.07. The van der Waals surface area contributed by atoms with Crippen LogP contribution in [0.4, 0.5) is 4.79 Å². The highest BCUT2D eigenvalue weighted by Gasteiger charge is 2.30. The lowest BCUT2D eigenvalue weighted by atomic mass is 10.1. The van der Waals surface area contributed by atoms with Gasteiger partial charge in [0.1, 0.15) is 5.60 Å². The third-order valence-electron chi connectivity index (χ3n) is 2.62. The first-order chi connectivity index (χ1) is 9.11. The number of hydrogen-bond acceptors (Lipinski definition) is 3. The van der Waals surface area contributed by atoms with E-state index in [0.717, 1.165) is 10.5 Å². The van der Waals surface area contributed by atoms with Crippen LogP contribution in [-0.2, 0) is 4.74 Å². The third-order valence-corrected chi connectivity index (χ3v) is 2.62. The summed E-state index contributed by atoms with van der Waals surface area (Å²) in [7, 11) is 0. The second-order valence-corrected chi connectivity index (χ2v) is 6.12. The lowest BCUT2D eigenvalue weighted by Gasteiger charge is -2.28. The van der Waals surface area contributed by atoms with Gasteiger partial charge in [0.25, 0.3) is 5.91 Å². The van der Waals surface area contributed by atoms with E-state index in [2.05, 4.69) is 0 Å². The molecule has 0 bridgehead atoms. The van der Waals surface area contributed by atoms with Gasteiger partial charge in [-0.05, 0) is 53.7 Å². The van der Waals surface area contributed by atoms with Crippen molar-refractivity contribution in [1.29, 1.82) is 0 Å². The molecule has 0 aliphatic rings. The van der Waals surface area contributed by atoms with Crippen molar-refractivity contribution in [2.75, 3.05) is 0 Å². The van der Waals surface area contributed by atoms with Gasteiger partial charge in [-0.3, -0.25) is 4.79 Å². The van der Waals surface area contributed by atoms with E-state index in [1.807, 2.05) is 19.1 Å². The van der Waals surface area contributed by atoms with Crippen molar-refractivity contribution in [3.63, 3.8) is 0 Å². The Balaban J connectivity index is 2.99. The average Bonchev–Trinajstić information content (AvgIpc) is 2.26. The molecule has 2 amide bonds. The number of nitrogens with zero attached hydrogens (tertiary/aromatic N) is 1. The molecule has 110 valence electrons. The molecule has 1 aromatic carbocycles. The number of aryl methyl sites for hydroxylation is 1. The van der Waals surface area contributed by atoms with Crippen molar-refractivity contribution in [2.24, 2.45) is 0 Å². The lowest BCUT2D eigenvalue weighted by Crippen LogP contribution is -2.44. The summed E-state index contributed by atoms with van der Waals surface area (Å²) in [5.41, 5.74) is 0.919. The van der Waals surface area contributed by atoms with E-state index in [9.17, 15) is 9.59 Å². The quantitative estimate of drug-likeness (QED) is 0.826. The first-order valence-corrected chi connectivity index (χ1v) is 6.75. The van der Waals surface area contributed by atoms with Crippen LogP contribution in [0.25, 0.3) is 0 Å². The van der Waals surface area contributed by atoms with Crippen LogP contribution in [0.5, 0.6) is 0 Å². The van der Waals surface area contributed by atoms with E-state index in [1.54, 1.807) is 46.8 Å². The summed E-state index contributed by atoms with van der Waals surface area (Å²) < 4.78 is 5.29. The maximum Gasteiger partial charge on any atom is 0.417 e. The summed E-state index contributed by atoms with van der Waals surface area (Å²) >= 11 is 0. The minimum absolute atomic E-state index is 0.265. The largest absolute Gasteiger partial charge is 0.443 e. The summed E-state index contributed by atoms with van der Waals surface area (Å²) in [6.07, 6.45) is -0.613. The predicted octanol–water partition coefficient (Wildman–Crippen LogP) is 3.78. The van der Waals surface area contributed by atoms with E-state index in [1.165, 1.54) is 0 Å². The zero-order valence-corrected chi connectivity index (χ0v) is 13.1. The predicted molar refractivity (Wildman–Crippen MR) is 78.7 cm³/mol. The number of ether oxygens (including phenoxy) is 1. The lowest BCUT2D eigenvalue weighted by molar-refractivity contribution is 0.0191. The molecule has 0 fully saturated rings. The number of hydrogen-bond donors (Lipinski definition) is 0. The Morgan fingerprint density at radius 1 is 1.10 bits per heavy atom. The number of amides is 2. The molecule has 1 rings (SSSR count). The SMILES string of the molecule is Cc1ccc(C(=O)N(C(=O)OC(C)(C)C)C(C)C)cc1. The molecule has 1 aromatic rings. The summed E-state index contributed by atoms with van der Waals surface area (Å²) in [6, 6.07) is 6.87. The Kier molecular flexibility index (Phi) is 4.93. The summed E-state index contributed by atoms with van der Waals surface area (Å²) in [6.45, 7) is 10.9. The molecule has 4 heteroatoms. The van der Waals surface area contributed by atoms with E-state index in [0.29, 0.717) is 5.56 Å². The van der Waals surface area contributed by atoms with Crippen molar-refractivity contribution in [3.8, 4) is 0 Å². The fraction of sp³-hybridized carbons (Fsp3) is 0.500. The van der Waals surface area contributed by atoms with Crippen molar-refractivity contribution in [1.82, 2.24) is 4.90 Å². The second-order valence-electron chi connectivity index (χ2n) is 6.12. The Bertz CT molecular complexity index is 483. The number of benzene rings is 1. The Morgan fingerprint density at radius 2 is 1.60 bits per heavy atom. The van der Waals surface area contributed by atoms with Crippen LogP contribution < -0.4 is 0 Å². The Labute approximate surface area is 120 Å². The summed E-state index contributed by atoms with van der Waals surface area (Å²) in [5.74, 6) is -0.339. The molecule has 0 saturated heterocycles. The van der Waals surface area contributed by atoms with Crippen LogP contribution in [0.3, 0.4) is 0 Å². The maximum absolute atomic E-state index is 12.5. The monoisotopic (exact) mass is 277 g/mol. The molecule has 0 aliphatic heterocycles.